The van der Waals surface area contributed by atoms with Gasteiger partial charge in [-0.1, -0.05) is 6.92 Å². The number of amides is 2. The van der Waals surface area contributed by atoms with Crippen LogP contribution >= 0.6 is 0 Å². The molecule has 1 aliphatic heterocycles. The zero-order chi connectivity index (χ0) is 15.4. The SMILES string of the molecule is CCCN1CCN(CCn2cc(N)ccc2=O)C(=O)C1=O. The highest BCUT2D eigenvalue weighted by Crippen LogP contribution is 2.06. The highest BCUT2D eigenvalue weighted by Gasteiger charge is 2.31. The first-order valence-electron chi connectivity index (χ1n) is 7.07. The van der Waals surface area contributed by atoms with Crippen LogP contribution in [0.5, 0.6) is 0 Å². The van der Waals surface area contributed by atoms with Crippen LogP contribution in [0.3, 0.4) is 0 Å². The topological polar surface area (TPSA) is 88.6 Å². The minimum absolute atomic E-state index is 0.174. The zero-order valence-electron chi connectivity index (χ0n) is 12.1. The summed E-state index contributed by atoms with van der Waals surface area (Å²) in [6, 6.07) is 2.93. The molecule has 1 fully saturated rings. The van der Waals surface area contributed by atoms with Gasteiger partial charge in [0.05, 0.1) is 0 Å². The van der Waals surface area contributed by atoms with E-state index in [9.17, 15) is 14.4 Å². The molecule has 1 aliphatic rings. The summed E-state index contributed by atoms with van der Waals surface area (Å²) in [4.78, 5) is 38.6. The number of hydrogen-bond donors (Lipinski definition) is 1. The molecule has 2 N–H and O–H groups in total. The van der Waals surface area contributed by atoms with Gasteiger partial charge in [-0.3, -0.25) is 14.4 Å². The van der Waals surface area contributed by atoms with Gasteiger partial charge in [0.2, 0.25) is 0 Å². The number of aromatic nitrogens is 1. The second-order valence-corrected chi connectivity index (χ2v) is 5.08. The van der Waals surface area contributed by atoms with E-state index in [2.05, 4.69) is 0 Å². The zero-order valence-corrected chi connectivity index (χ0v) is 12.1. The smallest absolute Gasteiger partial charge is 0.312 e. The van der Waals surface area contributed by atoms with Crippen LogP contribution in [0.2, 0.25) is 0 Å². The Morgan fingerprint density at radius 3 is 2.24 bits per heavy atom. The lowest BCUT2D eigenvalue weighted by atomic mass is 10.2. The monoisotopic (exact) mass is 292 g/mol. The van der Waals surface area contributed by atoms with Crippen LogP contribution in [0.4, 0.5) is 5.69 Å². The molecule has 7 heteroatoms. The van der Waals surface area contributed by atoms with E-state index < -0.39 is 11.8 Å². The Balaban J connectivity index is 1.98. The summed E-state index contributed by atoms with van der Waals surface area (Å²) >= 11 is 0. The minimum Gasteiger partial charge on any atom is -0.398 e. The molecule has 0 aliphatic carbocycles. The van der Waals surface area contributed by atoms with Crippen LogP contribution in [-0.4, -0.2) is 52.4 Å². The summed E-state index contributed by atoms with van der Waals surface area (Å²) in [5.41, 5.74) is 5.95. The number of carbonyl (C=O) groups is 2. The average molecular weight is 292 g/mol. The number of piperazine rings is 1. The van der Waals surface area contributed by atoms with E-state index in [0.717, 1.165) is 6.42 Å². The number of nitrogen functional groups attached to an aromatic ring is 1. The lowest BCUT2D eigenvalue weighted by Gasteiger charge is -2.33. The molecule has 0 saturated carbocycles. The molecule has 2 heterocycles. The molecule has 0 spiro atoms. The molecule has 2 amide bonds. The third kappa shape index (κ3) is 3.42. The number of carbonyl (C=O) groups excluding carboxylic acids is 2. The van der Waals surface area contributed by atoms with Crippen molar-refractivity contribution in [3.05, 3.63) is 28.7 Å². The van der Waals surface area contributed by atoms with Gasteiger partial charge in [0.15, 0.2) is 0 Å². The Morgan fingerprint density at radius 2 is 1.62 bits per heavy atom. The van der Waals surface area contributed by atoms with Crippen molar-refractivity contribution >= 4 is 17.5 Å². The molecule has 0 radical (unpaired) electrons. The fraction of sp³-hybridized carbons (Fsp3) is 0.500. The Morgan fingerprint density at radius 1 is 1.00 bits per heavy atom. The molecule has 7 nitrogen and oxygen atoms in total. The quantitative estimate of drug-likeness (QED) is 0.742. The van der Waals surface area contributed by atoms with Crippen molar-refractivity contribution in [3.8, 4) is 0 Å². The van der Waals surface area contributed by atoms with Crippen LogP contribution in [0.1, 0.15) is 13.3 Å². The Hall–Kier alpha value is -2.31. The van der Waals surface area contributed by atoms with E-state index >= 15 is 0 Å². The highest BCUT2D eigenvalue weighted by molar-refractivity contribution is 6.35. The van der Waals surface area contributed by atoms with Gasteiger partial charge < -0.3 is 20.1 Å². The maximum atomic E-state index is 12.0. The summed E-state index contributed by atoms with van der Waals surface area (Å²) in [7, 11) is 0. The molecule has 1 saturated heterocycles. The number of hydrogen-bond acceptors (Lipinski definition) is 4. The molecule has 1 aromatic heterocycles. The Kier molecular flexibility index (Phi) is 4.62. The van der Waals surface area contributed by atoms with E-state index in [0.29, 0.717) is 38.4 Å². The molecule has 21 heavy (non-hydrogen) atoms. The van der Waals surface area contributed by atoms with E-state index in [1.165, 1.54) is 21.6 Å². The first kappa shape index (κ1) is 15.1. The molecule has 2 rings (SSSR count). The number of pyridine rings is 1. The van der Waals surface area contributed by atoms with Crippen molar-refractivity contribution in [1.82, 2.24) is 14.4 Å². The molecular weight excluding hydrogens is 272 g/mol. The number of nitrogens with two attached hydrogens (primary N) is 1. The standard InChI is InChI=1S/C14H20N4O3/c1-2-5-16-6-7-17(14(21)13(16)20)8-9-18-10-11(15)3-4-12(18)19/h3-4,10H,2,5-9,15H2,1H3. The normalized spacial score (nSPS) is 15.7. The van der Waals surface area contributed by atoms with Gasteiger partial charge in [0.1, 0.15) is 0 Å². The van der Waals surface area contributed by atoms with Crippen molar-refractivity contribution in [3.63, 3.8) is 0 Å². The maximum absolute atomic E-state index is 12.0. The van der Waals surface area contributed by atoms with Gasteiger partial charge >= 0.3 is 11.8 Å². The van der Waals surface area contributed by atoms with Crippen LogP contribution in [0.25, 0.3) is 0 Å². The second kappa shape index (κ2) is 6.43. The maximum Gasteiger partial charge on any atom is 0.312 e. The number of rotatable bonds is 5. The van der Waals surface area contributed by atoms with E-state index in [-0.39, 0.29) is 5.56 Å². The first-order chi connectivity index (χ1) is 10.0. The van der Waals surface area contributed by atoms with E-state index in [1.807, 2.05) is 6.92 Å². The van der Waals surface area contributed by atoms with E-state index in [4.69, 9.17) is 5.73 Å². The molecule has 0 atom stereocenters. The Labute approximate surface area is 122 Å². The van der Waals surface area contributed by atoms with Crippen LogP contribution < -0.4 is 11.3 Å². The Bertz CT molecular complexity index is 596. The van der Waals surface area contributed by atoms with Gasteiger partial charge in [0.25, 0.3) is 5.56 Å². The molecule has 0 unspecified atom stereocenters. The number of nitrogens with zero attached hydrogens (tertiary/aromatic N) is 3. The molecular formula is C14H20N4O3. The predicted molar refractivity (Wildman–Crippen MR) is 78.6 cm³/mol. The summed E-state index contributed by atoms with van der Waals surface area (Å²) in [6.07, 6.45) is 2.37. The van der Waals surface area contributed by atoms with Gasteiger partial charge in [-0.15, -0.1) is 0 Å². The van der Waals surface area contributed by atoms with Crippen molar-refractivity contribution in [1.29, 1.82) is 0 Å². The summed E-state index contributed by atoms with van der Waals surface area (Å²) in [5.74, 6) is -0.949. The lowest BCUT2D eigenvalue weighted by molar-refractivity contribution is -0.156. The van der Waals surface area contributed by atoms with Crippen LogP contribution in [0.15, 0.2) is 23.1 Å². The first-order valence-corrected chi connectivity index (χ1v) is 7.07. The van der Waals surface area contributed by atoms with Gasteiger partial charge in [0, 0.05) is 50.7 Å². The summed E-state index contributed by atoms with van der Waals surface area (Å²) in [6.45, 7) is 4.28. The lowest BCUT2D eigenvalue weighted by Crippen LogP contribution is -2.55. The fourth-order valence-corrected chi connectivity index (χ4v) is 2.36. The van der Waals surface area contributed by atoms with Gasteiger partial charge in [-0.05, 0) is 12.5 Å². The fourth-order valence-electron chi connectivity index (χ4n) is 2.36. The molecule has 0 aromatic carbocycles. The minimum atomic E-state index is -0.494. The van der Waals surface area contributed by atoms with Gasteiger partial charge in [-0.25, -0.2) is 0 Å². The van der Waals surface area contributed by atoms with Crippen LogP contribution in [0, 0.1) is 0 Å². The largest absolute Gasteiger partial charge is 0.398 e. The molecule has 0 bridgehead atoms. The molecule has 114 valence electrons. The predicted octanol–water partition coefficient (Wildman–Crippen LogP) is -0.489. The number of anilines is 1. The van der Waals surface area contributed by atoms with Crippen LogP contribution in [-0.2, 0) is 16.1 Å². The summed E-state index contributed by atoms with van der Waals surface area (Å²) < 4.78 is 1.45. The second-order valence-electron chi connectivity index (χ2n) is 5.08. The third-order valence-corrected chi connectivity index (χ3v) is 3.51. The highest BCUT2D eigenvalue weighted by atomic mass is 16.2. The summed E-state index contributed by atoms with van der Waals surface area (Å²) in [5, 5.41) is 0. The third-order valence-electron chi connectivity index (χ3n) is 3.51. The van der Waals surface area contributed by atoms with E-state index in [1.54, 1.807) is 11.1 Å². The van der Waals surface area contributed by atoms with Crippen molar-refractivity contribution in [2.75, 3.05) is 31.9 Å². The van der Waals surface area contributed by atoms with Gasteiger partial charge in [-0.2, -0.15) is 0 Å². The molecule has 1 aromatic rings. The van der Waals surface area contributed by atoms with Crippen molar-refractivity contribution in [2.24, 2.45) is 0 Å². The van der Waals surface area contributed by atoms with Crippen molar-refractivity contribution < 1.29 is 9.59 Å². The van der Waals surface area contributed by atoms with Crippen molar-refractivity contribution in [2.45, 2.75) is 19.9 Å². The average Bonchev–Trinajstić information content (AvgIpc) is 2.46.